The molecule has 1 heterocycles. The molecule has 5 heteroatoms. The highest BCUT2D eigenvalue weighted by molar-refractivity contribution is 7.16. The number of hydrogen-bond acceptors (Lipinski definition) is 4. The summed E-state index contributed by atoms with van der Waals surface area (Å²) < 4.78 is 5.10. The van der Waals surface area contributed by atoms with Crippen LogP contribution < -0.4 is 5.32 Å². The van der Waals surface area contributed by atoms with Crippen LogP contribution in [-0.2, 0) is 9.53 Å². The summed E-state index contributed by atoms with van der Waals surface area (Å²) in [5, 5.41) is 3.54. The lowest BCUT2D eigenvalue weighted by Crippen LogP contribution is -2.15. The van der Waals surface area contributed by atoms with Crippen LogP contribution >= 0.6 is 11.3 Å². The number of anilines is 1. The molecule has 1 aliphatic carbocycles. The smallest absolute Gasteiger partial charge is 0.341 e. The van der Waals surface area contributed by atoms with E-state index in [0.717, 1.165) is 16.9 Å². The molecule has 2 rings (SSSR count). The number of amides is 1. The van der Waals surface area contributed by atoms with E-state index >= 15 is 0 Å². The second-order valence-corrected chi connectivity index (χ2v) is 7.17. The average molecular weight is 323 g/mol. The Morgan fingerprint density at radius 3 is 2.59 bits per heavy atom. The SMILES string of the molecule is CCOC(=O)c1c(NC(=O)CCC2CCCC2)sc(C)c1C. The first-order valence-electron chi connectivity index (χ1n) is 8.09. The molecule has 1 saturated carbocycles. The number of thiophene rings is 1. The fraction of sp³-hybridized carbons (Fsp3) is 0.647. The number of rotatable bonds is 6. The molecule has 1 fully saturated rings. The van der Waals surface area contributed by atoms with E-state index in [1.54, 1.807) is 6.92 Å². The van der Waals surface area contributed by atoms with Crippen LogP contribution in [-0.4, -0.2) is 18.5 Å². The Morgan fingerprint density at radius 2 is 1.95 bits per heavy atom. The van der Waals surface area contributed by atoms with Gasteiger partial charge < -0.3 is 10.1 Å². The van der Waals surface area contributed by atoms with Crippen LogP contribution in [0.5, 0.6) is 0 Å². The van der Waals surface area contributed by atoms with Crippen molar-refractivity contribution in [2.45, 2.75) is 59.3 Å². The lowest BCUT2D eigenvalue weighted by molar-refractivity contribution is -0.116. The highest BCUT2D eigenvalue weighted by Gasteiger charge is 2.22. The first-order chi connectivity index (χ1) is 10.5. The Balaban J connectivity index is 2.00. The molecule has 1 N–H and O–H groups in total. The molecule has 0 aromatic carbocycles. The normalized spacial score (nSPS) is 15.0. The molecule has 0 radical (unpaired) electrons. The van der Waals surface area contributed by atoms with Crippen molar-refractivity contribution < 1.29 is 14.3 Å². The minimum absolute atomic E-state index is 0.00121. The van der Waals surface area contributed by atoms with Gasteiger partial charge in [-0.2, -0.15) is 0 Å². The highest BCUT2D eigenvalue weighted by atomic mass is 32.1. The average Bonchev–Trinajstić information content (AvgIpc) is 3.06. The largest absolute Gasteiger partial charge is 0.462 e. The van der Waals surface area contributed by atoms with Gasteiger partial charge in [-0.05, 0) is 38.7 Å². The molecule has 22 heavy (non-hydrogen) atoms. The third kappa shape index (κ3) is 4.09. The predicted octanol–water partition coefficient (Wildman–Crippen LogP) is 4.45. The fourth-order valence-electron chi connectivity index (χ4n) is 2.99. The van der Waals surface area contributed by atoms with Crippen LogP contribution in [0.3, 0.4) is 0 Å². The van der Waals surface area contributed by atoms with Crippen molar-refractivity contribution in [3.63, 3.8) is 0 Å². The third-order valence-corrected chi connectivity index (χ3v) is 5.49. The maximum absolute atomic E-state index is 12.2. The summed E-state index contributed by atoms with van der Waals surface area (Å²) in [6.07, 6.45) is 6.56. The molecule has 4 nitrogen and oxygen atoms in total. The third-order valence-electron chi connectivity index (χ3n) is 4.37. The monoisotopic (exact) mass is 323 g/mol. The van der Waals surface area contributed by atoms with Gasteiger partial charge in [-0.15, -0.1) is 11.3 Å². The van der Waals surface area contributed by atoms with E-state index in [-0.39, 0.29) is 11.9 Å². The summed E-state index contributed by atoms with van der Waals surface area (Å²) in [6.45, 7) is 5.97. The Morgan fingerprint density at radius 1 is 1.27 bits per heavy atom. The zero-order chi connectivity index (χ0) is 16.1. The van der Waals surface area contributed by atoms with Crippen LogP contribution in [0.15, 0.2) is 0 Å². The van der Waals surface area contributed by atoms with Crippen LogP contribution in [0.4, 0.5) is 5.00 Å². The number of nitrogens with one attached hydrogen (secondary N) is 1. The van der Waals surface area contributed by atoms with Gasteiger partial charge in [0.15, 0.2) is 0 Å². The van der Waals surface area contributed by atoms with Crippen molar-refractivity contribution in [3.05, 3.63) is 16.0 Å². The summed E-state index contributed by atoms with van der Waals surface area (Å²) in [5.74, 6) is 0.344. The number of hydrogen-bond donors (Lipinski definition) is 1. The van der Waals surface area contributed by atoms with Gasteiger partial charge in [0.2, 0.25) is 5.91 Å². The van der Waals surface area contributed by atoms with Crippen molar-refractivity contribution in [3.8, 4) is 0 Å². The highest BCUT2D eigenvalue weighted by Crippen LogP contribution is 2.33. The molecule has 122 valence electrons. The van der Waals surface area contributed by atoms with Crippen LogP contribution in [0.1, 0.15) is 66.2 Å². The predicted molar refractivity (Wildman–Crippen MR) is 89.6 cm³/mol. The first-order valence-corrected chi connectivity index (χ1v) is 8.91. The van der Waals surface area contributed by atoms with Crippen LogP contribution in [0, 0.1) is 19.8 Å². The van der Waals surface area contributed by atoms with E-state index in [0.29, 0.717) is 29.5 Å². The summed E-state index contributed by atoms with van der Waals surface area (Å²) in [4.78, 5) is 25.3. The molecular formula is C17H25NO3S. The van der Waals surface area contributed by atoms with Crippen molar-refractivity contribution in [2.24, 2.45) is 5.92 Å². The molecule has 0 bridgehead atoms. The van der Waals surface area contributed by atoms with Gasteiger partial charge in [-0.25, -0.2) is 4.79 Å². The molecule has 1 amide bonds. The van der Waals surface area contributed by atoms with E-state index in [4.69, 9.17) is 4.74 Å². The molecule has 0 saturated heterocycles. The van der Waals surface area contributed by atoms with Gasteiger partial charge in [-0.1, -0.05) is 25.7 Å². The van der Waals surface area contributed by atoms with E-state index in [9.17, 15) is 9.59 Å². The molecule has 0 atom stereocenters. The molecule has 0 unspecified atom stereocenters. The van der Waals surface area contributed by atoms with Gasteiger partial charge in [0.05, 0.1) is 12.2 Å². The van der Waals surface area contributed by atoms with Crippen molar-refractivity contribution in [1.82, 2.24) is 0 Å². The van der Waals surface area contributed by atoms with E-state index in [2.05, 4.69) is 5.32 Å². The van der Waals surface area contributed by atoms with E-state index in [1.807, 2.05) is 13.8 Å². The summed E-state index contributed by atoms with van der Waals surface area (Å²) in [7, 11) is 0. The topological polar surface area (TPSA) is 55.4 Å². The van der Waals surface area contributed by atoms with Gasteiger partial charge in [0.25, 0.3) is 0 Å². The van der Waals surface area contributed by atoms with Crippen molar-refractivity contribution >= 4 is 28.2 Å². The number of carbonyl (C=O) groups excluding carboxylic acids is 2. The van der Waals surface area contributed by atoms with E-state index < -0.39 is 0 Å². The Hall–Kier alpha value is -1.36. The first kappa shape index (κ1) is 17.0. The minimum atomic E-state index is -0.351. The van der Waals surface area contributed by atoms with Crippen molar-refractivity contribution in [1.29, 1.82) is 0 Å². The van der Waals surface area contributed by atoms with Crippen LogP contribution in [0.25, 0.3) is 0 Å². The number of esters is 1. The fourth-order valence-corrected chi connectivity index (χ4v) is 4.05. The van der Waals surface area contributed by atoms with Gasteiger partial charge >= 0.3 is 5.97 Å². The minimum Gasteiger partial charge on any atom is -0.462 e. The zero-order valence-corrected chi connectivity index (χ0v) is 14.5. The number of aryl methyl sites for hydroxylation is 1. The van der Waals surface area contributed by atoms with Crippen molar-refractivity contribution in [2.75, 3.05) is 11.9 Å². The maximum atomic E-state index is 12.2. The second kappa shape index (κ2) is 7.77. The summed E-state index contributed by atoms with van der Waals surface area (Å²) in [5.41, 5.74) is 1.41. The Labute approximate surface area is 136 Å². The zero-order valence-electron chi connectivity index (χ0n) is 13.7. The number of carbonyl (C=O) groups is 2. The molecule has 1 aromatic rings. The van der Waals surface area contributed by atoms with Crippen LogP contribution in [0.2, 0.25) is 0 Å². The Kier molecular flexibility index (Phi) is 6.00. The molecule has 0 aliphatic heterocycles. The Bertz CT molecular complexity index is 544. The quantitative estimate of drug-likeness (QED) is 0.787. The van der Waals surface area contributed by atoms with Gasteiger partial charge in [-0.3, -0.25) is 4.79 Å². The standard InChI is InChI=1S/C17H25NO3S/c1-4-21-17(20)15-11(2)12(3)22-16(15)18-14(19)10-9-13-7-5-6-8-13/h13H,4-10H2,1-3H3,(H,18,19). The molecule has 0 spiro atoms. The molecular weight excluding hydrogens is 298 g/mol. The molecule has 1 aromatic heterocycles. The molecule has 1 aliphatic rings. The maximum Gasteiger partial charge on any atom is 0.341 e. The van der Waals surface area contributed by atoms with Gasteiger partial charge in [0, 0.05) is 11.3 Å². The number of ether oxygens (including phenoxy) is 1. The lowest BCUT2D eigenvalue weighted by Gasteiger charge is -2.09. The second-order valence-electron chi connectivity index (χ2n) is 5.95. The lowest BCUT2D eigenvalue weighted by atomic mass is 10.0. The summed E-state index contributed by atoms with van der Waals surface area (Å²) >= 11 is 1.45. The summed E-state index contributed by atoms with van der Waals surface area (Å²) in [6, 6.07) is 0. The van der Waals surface area contributed by atoms with Gasteiger partial charge in [0.1, 0.15) is 5.00 Å². The van der Waals surface area contributed by atoms with E-state index in [1.165, 1.54) is 37.0 Å².